The monoisotopic (exact) mass is 310 g/mol. The molecule has 124 valence electrons. The molecule has 1 fully saturated rings. The number of carbonyl (C=O) groups excluding carboxylic acids is 1. The molecule has 1 saturated heterocycles. The summed E-state index contributed by atoms with van der Waals surface area (Å²) in [5.41, 5.74) is 0. The van der Waals surface area contributed by atoms with E-state index in [0.717, 1.165) is 26.3 Å². The minimum absolute atomic E-state index is 0.179. The summed E-state index contributed by atoms with van der Waals surface area (Å²) >= 11 is 0. The zero-order chi connectivity index (χ0) is 15.9. The quantitative estimate of drug-likeness (QED) is 0.827. The van der Waals surface area contributed by atoms with Gasteiger partial charge in [0.05, 0.1) is 13.2 Å². The summed E-state index contributed by atoms with van der Waals surface area (Å²) in [6.45, 7) is 8.68. The maximum absolute atomic E-state index is 12.2. The molecule has 0 radical (unpaired) electrons. The first-order valence-electron chi connectivity index (χ1n) is 7.79. The van der Waals surface area contributed by atoms with Crippen LogP contribution < -0.4 is 5.32 Å². The largest absolute Gasteiger partial charge is 0.453 e. The van der Waals surface area contributed by atoms with Crippen LogP contribution in [0.5, 0.6) is 0 Å². The summed E-state index contributed by atoms with van der Waals surface area (Å²) in [6.07, 6.45) is 0. The second-order valence-corrected chi connectivity index (χ2v) is 5.87. The van der Waals surface area contributed by atoms with E-state index in [-0.39, 0.29) is 5.91 Å². The number of nitrogens with one attached hydrogen (secondary N) is 1. The Morgan fingerprint density at radius 3 is 2.73 bits per heavy atom. The highest BCUT2D eigenvalue weighted by Gasteiger charge is 2.24. The van der Waals surface area contributed by atoms with Gasteiger partial charge in [0.15, 0.2) is 5.76 Å². The fraction of sp³-hybridized carbons (Fsp3) is 0.688. The van der Waals surface area contributed by atoms with E-state index in [0.29, 0.717) is 36.6 Å². The highest BCUT2D eigenvalue weighted by molar-refractivity contribution is 5.91. The molecular weight excluding hydrogens is 284 g/mol. The van der Waals surface area contributed by atoms with Crippen LogP contribution in [0.1, 0.15) is 30.2 Å². The van der Waals surface area contributed by atoms with Gasteiger partial charge in [-0.25, -0.2) is 0 Å². The maximum atomic E-state index is 12.2. The van der Waals surface area contributed by atoms with Crippen molar-refractivity contribution in [2.45, 2.75) is 26.5 Å². The van der Waals surface area contributed by atoms with Gasteiger partial charge in [-0.15, -0.1) is 0 Å². The predicted molar refractivity (Wildman–Crippen MR) is 82.8 cm³/mol. The standard InChI is InChI=1S/C16H26N2O4/c1-12(2)14(18-6-8-21-9-7-18)10-17-16(19)15-5-4-13(22-15)11-20-3/h4-5,12,14H,6-11H2,1-3H3,(H,17,19). The molecule has 2 rings (SSSR count). The van der Waals surface area contributed by atoms with Crippen molar-refractivity contribution < 1.29 is 18.7 Å². The summed E-state index contributed by atoms with van der Waals surface area (Å²) in [5.74, 6) is 1.26. The SMILES string of the molecule is COCc1ccc(C(=O)NCC(C(C)C)N2CCOCC2)o1. The zero-order valence-corrected chi connectivity index (χ0v) is 13.6. The number of rotatable bonds is 7. The number of hydrogen-bond donors (Lipinski definition) is 1. The first-order chi connectivity index (χ1) is 10.6. The van der Waals surface area contributed by atoms with Crippen molar-refractivity contribution in [2.75, 3.05) is 40.0 Å². The third kappa shape index (κ3) is 4.56. The molecule has 1 unspecified atom stereocenters. The van der Waals surface area contributed by atoms with Gasteiger partial charge in [0, 0.05) is 32.8 Å². The number of amides is 1. The Kier molecular flexibility index (Phi) is 6.42. The van der Waals surface area contributed by atoms with Crippen LogP contribution in [0.2, 0.25) is 0 Å². The Hall–Kier alpha value is -1.37. The van der Waals surface area contributed by atoms with Crippen LogP contribution in [0.15, 0.2) is 16.5 Å². The second-order valence-electron chi connectivity index (χ2n) is 5.87. The van der Waals surface area contributed by atoms with Crippen LogP contribution in [-0.2, 0) is 16.1 Å². The second kappa shape index (κ2) is 8.31. The molecule has 1 N–H and O–H groups in total. The topological polar surface area (TPSA) is 63.9 Å². The number of hydrogen-bond acceptors (Lipinski definition) is 5. The van der Waals surface area contributed by atoms with Crippen molar-refractivity contribution in [3.8, 4) is 0 Å². The number of ether oxygens (including phenoxy) is 2. The van der Waals surface area contributed by atoms with E-state index in [2.05, 4.69) is 24.1 Å². The van der Waals surface area contributed by atoms with Crippen molar-refractivity contribution in [3.05, 3.63) is 23.7 Å². The van der Waals surface area contributed by atoms with E-state index < -0.39 is 0 Å². The molecule has 0 aromatic carbocycles. The molecule has 0 bridgehead atoms. The number of methoxy groups -OCH3 is 1. The minimum Gasteiger partial charge on any atom is -0.453 e. The van der Waals surface area contributed by atoms with Crippen LogP contribution in [0.25, 0.3) is 0 Å². The molecule has 0 saturated carbocycles. The lowest BCUT2D eigenvalue weighted by molar-refractivity contribution is 0.00665. The normalized spacial score (nSPS) is 17.6. The third-order valence-corrected chi connectivity index (χ3v) is 3.93. The lowest BCUT2D eigenvalue weighted by atomic mass is 10.0. The predicted octanol–water partition coefficient (Wildman–Crippen LogP) is 1.51. The smallest absolute Gasteiger partial charge is 0.287 e. The average Bonchev–Trinajstić information content (AvgIpc) is 2.97. The van der Waals surface area contributed by atoms with E-state index in [9.17, 15) is 4.79 Å². The first-order valence-corrected chi connectivity index (χ1v) is 7.79. The molecule has 22 heavy (non-hydrogen) atoms. The molecule has 1 aromatic heterocycles. The molecule has 1 aliphatic rings. The Morgan fingerprint density at radius 2 is 2.09 bits per heavy atom. The first kappa shape index (κ1) is 17.0. The van der Waals surface area contributed by atoms with Gasteiger partial charge >= 0.3 is 0 Å². The van der Waals surface area contributed by atoms with Crippen LogP contribution in [0, 0.1) is 5.92 Å². The van der Waals surface area contributed by atoms with Gasteiger partial charge in [-0.2, -0.15) is 0 Å². The Balaban J connectivity index is 1.88. The fourth-order valence-corrected chi connectivity index (χ4v) is 2.70. The van der Waals surface area contributed by atoms with Gasteiger partial charge in [0.2, 0.25) is 0 Å². The maximum Gasteiger partial charge on any atom is 0.287 e. The van der Waals surface area contributed by atoms with Crippen molar-refractivity contribution in [2.24, 2.45) is 5.92 Å². The number of nitrogens with zero attached hydrogens (tertiary/aromatic N) is 1. The van der Waals surface area contributed by atoms with Crippen LogP contribution >= 0.6 is 0 Å². The Bertz CT molecular complexity index is 466. The Morgan fingerprint density at radius 1 is 1.36 bits per heavy atom. The van der Waals surface area contributed by atoms with Crippen molar-refractivity contribution in [1.29, 1.82) is 0 Å². The highest BCUT2D eigenvalue weighted by Crippen LogP contribution is 2.13. The van der Waals surface area contributed by atoms with Gasteiger partial charge in [0.25, 0.3) is 5.91 Å². The van der Waals surface area contributed by atoms with Crippen molar-refractivity contribution >= 4 is 5.91 Å². The summed E-state index contributed by atoms with van der Waals surface area (Å²) in [5, 5.41) is 2.98. The third-order valence-electron chi connectivity index (χ3n) is 3.93. The summed E-state index contributed by atoms with van der Waals surface area (Å²) < 4.78 is 15.8. The van der Waals surface area contributed by atoms with Gasteiger partial charge in [-0.3, -0.25) is 9.69 Å². The number of carbonyl (C=O) groups is 1. The molecular formula is C16H26N2O4. The molecule has 0 spiro atoms. The van der Waals surface area contributed by atoms with Gasteiger partial charge in [-0.1, -0.05) is 13.8 Å². The van der Waals surface area contributed by atoms with E-state index >= 15 is 0 Å². The van der Waals surface area contributed by atoms with E-state index in [1.165, 1.54) is 0 Å². The molecule has 6 heteroatoms. The summed E-state index contributed by atoms with van der Waals surface area (Å²) in [4.78, 5) is 14.6. The van der Waals surface area contributed by atoms with Crippen molar-refractivity contribution in [1.82, 2.24) is 10.2 Å². The molecule has 2 heterocycles. The number of furan rings is 1. The molecule has 6 nitrogen and oxygen atoms in total. The van der Waals surface area contributed by atoms with Crippen LogP contribution in [-0.4, -0.2) is 56.8 Å². The van der Waals surface area contributed by atoms with Crippen LogP contribution in [0.3, 0.4) is 0 Å². The number of morpholine rings is 1. The van der Waals surface area contributed by atoms with E-state index in [1.54, 1.807) is 19.2 Å². The average molecular weight is 310 g/mol. The summed E-state index contributed by atoms with van der Waals surface area (Å²) in [6, 6.07) is 3.75. The molecule has 1 aliphatic heterocycles. The van der Waals surface area contributed by atoms with Crippen molar-refractivity contribution in [3.63, 3.8) is 0 Å². The molecule has 1 amide bonds. The molecule has 1 aromatic rings. The highest BCUT2D eigenvalue weighted by atomic mass is 16.5. The van der Waals surface area contributed by atoms with Gasteiger partial charge in [0.1, 0.15) is 12.4 Å². The van der Waals surface area contributed by atoms with Gasteiger partial charge in [-0.05, 0) is 18.1 Å². The summed E-state index contributed by atoms with van der Waals surface area (Å²) in [7, 11) is 1.60. The Labute approximate surface area is 131 Å². The van der Waals surface area contributed by atoms with E-state index in [1.807, 2.05) is 0 Å². The molecule has 0 aliphatic carbocycles. The zero-order valence-electron chi connectivity index (χ0n) is 13.6. The fourth-order valence-electron chi connectivity index (χ4n) is 2.70. The van der Waals surface area contributed by atoms with Gasteiger partial charge < -0.3 is 19.2 Å². The van der Waals surface area contributed by atoms with E-state index in [4.69, 9.17) is 13.9 Å². The minimum atomic E-state index is -0.179. The molecule has 1 atom stereocenters. The van der Waals surface area contributed by atoms with Crippen LogP contribution in [0.4, 0.5) is 0 Å². The lowest BCUT2D eigenvalue weighted by Gasteiger charge is -2.36. The lowest BCUT2D eigenvalue weighted by Crippen LogP contribution is -2.51.